The lowest BCUT2D eigenvalue weighted by molar-refractivity contribution is 0.411. The van der Waals surface area contributed by atoms with E-state index in [9.17, 15) is 0 Å². The highest BCUT2D eigenvalue weighted by atomic mass is 127. The second-order valence-electron chi connectivity index (χ2n) is 5.99. The lowest BCUT2D eigenvalue weighted by Crippen LogP contribution is -2.42. The molecule has 2 N–H and O–H groups in total. The average molecular weight is 473 g/mol. The number of hydrogen-bond donors (Lipinski definition) is 2. The maximum Gasteiger partial charge on any atom is 0.191 e. The topological polar surface area (TPSA) is 45.7 Å². The first-order valence-corrected chi connectivity index (χ1v) is 8.99. The molecular weight excluding hydrogens is 445 g/mol. The molecule has 0 saturated carbocycles. The van der Waals surface area contributed by atoms with Crippen molar-refractivity contribution in [1.29, 1.82) is 0 Å². The molecule has 1 aromatic heterocycles. The van der Waals surface area contributed by atoms with Crippen LogP contribution in [0.25, 0.3) is 0 Å². The van der Waals surface area contributed by atoms with Crippen LogP contribution in [0, 0.1) is 13.8 Å². The van der Waals surface area contributed by atoms with Gasteiger partial charge in [0.05, 0.1) is 7.11 Å². The summed E-state index contributed by atoms with van der Waals surface area (Å²) in [6, 6.07) is 10.9. The molecule has 0 saturated heterocycles. The minimum Gasteiger partial charge on any atom is -0.496 e. The van der Waals surface area contributed by atoms with Gasteiger partial charge in [-0.3, -0.25) is 4.99 Å². The number of nitrogens with one attached hydrogen (secondary N) is 2. The smallest absolute Gasteiger partial charge is 0.191 e. The highest BCUT2D eigenvalue weighted by Gasteiger charge is 2.08. The molecule has 138 valence electrons. The van der Waals surface area contributed by atoms with Gasteiger partial charge in [0, 0.05) is 35.8 Å². The van der Waals surface area contributed by atoms with Crippen molar-refractivity contribution in [2.45, 2.75) is 39.8 Å². The van der Waals surface area contributed by atoms with Crippen molar-refractivity contribution in [3.8, 4) is 5.75 Å². The number of guanidine groups is 1. The molecule has 0 radical (unpaired) electrons. The van der Waals surface area contributed by atoms with Gasteiger partial charge in [-0.05, 0) is 50.1 Å². The predicted molar refractivity (Wildman–Crippen MR) is 119 cm³/mol. The van der Waals surface area contributed by atoms with Crippen LogP contribution in [0.3, 0.4) is 0 Å². The SMILES string of the molecule is CN=C(NCc1ccc(C)c(OC)c1)NC(C)Cc1ccc(C)s1.I. The zero-order chi connectivity index (χ0) is 17.5. The molecule has 1 aromatic carbocycles. The Kier molecular flexibility index (Phi) is 9.27. The standard InChI is InChI=1S/C19H27N3OS.HI/c1-13-6-8-16(11-18(13)23-5)12-21-19(20-4)22-14(2)10-17-9-7-15(3)24-17;/h6-9,11,14H,10,12H2,1-5H3,(H2,20,21,22);1H. The minimum absolute atomic E-state index is 0. The average Bonchev–Trinajstić information content (AvgIpc) is 2.97. The van der Waals surface area contributed by atoms with Crippen LogP contribution in [0.2, 0.25) is 0 Å². The molecule has 0 bridgehead atoms. The molecular formula is C19H28IN3OS. The monoisotopic (exact) mass is 473 g/mol. The van der Waals surface area contributed by atoms with Crippen LogP contribution in [-0.2, 0) is 13.0 Å². The molecule has 25 heavy (non-hydrogen) atoms. The number of halogens is 1. The van der Waals surface area contributed by atoms with Crippen LogP contribution in [0.5, 0.6) is 5.75 Å². The zero-order valence-electron chi connectivity index (χ0n) is 15.6. The van der Waals surface area contributed by atoms with E-state index in [0.29, 0.717) is 12.6 Å². The Labute approximate surface area is 172 Å². The van der Waals surface area contributed by atoms with Crippen molar-refractivity contribution in [3.63, 3.8) is 0 Å². The van der Waals surface area contributed by atoms with E-state index in [1.54, 1.807) is 14.2 Å². The number of ether oxygens (including phenoxy) is 1. The van der Waals surface area contributed by atoms with Crippen molar-refractivity contribution in [1.82, 2.24) is 10.6 Å². The molecule has 0 aliphatic carbocycles. The number of aliphatic imine (C=N–C) groups is 1. The Hall–Kier alpha value is -1.28. The molecule has 2 aromatic rings. The summed E-state index contributed by atoms with van der Waals surface area (Å²) in [6.07, 6.45) is 0.998. The van der Waals surface area contributed by atoms with E-state index >= 15 is 0 Å². The van der Waals surface area contributed by atoms with Gasteiger partial charge in [-0.2, -0.15) is 0 Å². The van der Waals surface area contributed by atoms with E-state index in [1.807, 2.05) is 18.3 Å². The Morgan fingerprint density at radius 3 is 2.60 bits per heavy atom. The molecule has 0 amide bonds. The van der Waals surface area contributed by atoms with E-state index in [-0.39, 0.29) is 24.0 Å². The van der Waals surface area contributed by atoms with Crippen LogP contribution < -0.4 is 15.4 Å². The molecule has 0 aliphatic heterocycles. The maximum absolute atomic E-state index is 5.38. The van der Waals surface area contributed by atoms with E-state index < -0.39 is 0 Å². The number of aryl methyl sites for hydroxylation is 2. The summed E-state index contributed by atoms with van der Waals surface area (Å²) >= 11 is 1.85. The summed E-state index contributed by atoms with van der Waals surface area (Å²) < 4.78 is 5.38. The first-order valence-electron chi connectivity index (χ1n) is 8.18. The minimum atomic E-state index is 0. The molecule has 4 nitrogen and oxygen atoms in total. The van der Waals surface area contributed by atoms with Gasteiger partial charge in [-0.1, -0.05) is 12.1 Å². The van der Waals surface area contributed by atoms with Crippen molar-refractivity contribution in [2.75, 3.05) is 14.2 Å². The highest BCUT2D eigenvalue weighted by Crippen LogP contribution is 2.19. The van der Waals surface area contributed by atoms with Crippen molar-refractivity contribution in [2.24, 2.45) is 4.99 Å². The quantitative estimate of drug-likeness (QED) is 0.374. The molecule has 1 unspecified atom stereocenters. The van der Waals surface area contributed by atoms with Gasteiger partial charge < -0.3 is 15.4 Å². The third-order valence-corrected chi connectivity index (χ3v) is 4.87. The Morgan fingerprint density at radius 1 is 1.24 bits per heavy atom. The number of hydrogen-bond acceptors (Lipinski definition) is 3. The maximum atomic E-state index is 5.38. The van der Waals surface area contributed by atoms with E-state index in [0.717, 1.165) is 23.7 Å². The summed E-state index contributed by atoms with van der Waals surface area (Å²) in [6.45, 7) is 7.07. The van der Waals surface area contributed by atoms with Crippen LogP contribution in [0.4, 0.5) is 0 Å². The van der Waals surface area contributed by atoms with Gasteiger partial charge in [-0.15, -0.1) is 35.3 Å². The zero-order valence-corrected chi connectivity index (χ0v) is 18.7. The van der Waals surface area contributed by atoms with E-state index in [2.05, 4.69) is 59.8 Å². The van der Waals surface area contributed by atoms with Crippen molar-refractivity contribution < 1.29 is 4.74 Å². The van der Waals surface area contributed by atoms with Gasteiger partial charge in [0.1, 0.15) is 5.75 Å². The second kappa shape index (κ2) is 10.7. The molecule has 0 spiro atoms. The second-order valence-corrected chi connectivity index (χ2v) is 7.36. The number of rotatable bonds is 6. The normalized spacial score (nSPS) is 12.3. The lowest BCUT2D eigenvalue weighted by Gasteiger charge is -2.18. The number of benzene rings is 1. The van der Waals surface area contributed by atoms with Crippen LogP contribution in [-0.4, -0.2) is 26.2 Å². The fraction of sp³-hybridized carbons (Fsp3) is 0.421. The van der Waals surface area contributed by atoms with E-state index in [4.69, 9.17) is 4.74 Å². The van der Waals surface area contributed by atoms with Gasteiger partial charge in [0.15, 0.2) is 5.96 Å². The Bertz CT molecular complexity index is 700. The highest BCUT2D eigenvalue weighted by molar-refractivity contribution is 14.0. The molecule has 1 atom stereocenters. The summed E-state index contributed by atoms with van der Waals surface area (Å²) in [7, 11) is 3.50. The molecule has 0 fully saturated rings. The van der Waals surface area contributed by atoms with Gasteiger partial charge in [-0.25, -0.2) is 0 Å². The summed E-state index contributed by atoms with van der Waals surface area (Å²) in [5.41, 5.74) is 2.31. The van der Waals surface area contributed by atoms with Crippen LogP contribution in [0.1, 0.15) is 27.8 Å². The fourth-order valence-corrected chi connectivity index (χ4v) is 3.55. The molecule has 2 rings (SSSR count). The largest absolute Gasteiger partial charge is 0.496 e. The third kappa shape index (κ3) is 6.86. The van der Waals surface area contributed by atoms with Crippen molar-refractivity contribution >= 4 is 41.3 Å². The van der Waals surface area contributed by atoms with Crippen molar-refractivity contribution in [3.05, 3.63) is 51.2 Å². The number of thiophene rings is 1. The van der Waals surface area contributed by atoms with Gasteiger partial charge >= 0.3 is 0 Å². The molecule has 0 aliphatic rings. The Morgan fingerprint density at radius 2 is 2.00 bits per heavy atom. The first-order chi connectivity index (χ1) is 11.5. The number of methoxy groups -OCH3 is 1. The van der Waals surface area contributed by atoms with Crippen LogP contribution in [0.15, 0.2) is 35.3 Å². The van der Waals surface area contributed by atoms with E-state index in [1.165, 1.54) is 15.3 Å². The molecule has 6 heteroatoms. The first kappa shape index (κ1) is 21.8. The lowest BCUT2D eigenvalue weighted by atomic mass is 10.1. The fourth-order valence-electron chi connectivity index (χ4n) is 2.54. The number of nitrogens with zero attached hydrogens (tertiary/aromatic N) is 1. The summed E-state index contributed by atoms with van der Waals surface area (Å²) in [4.78, 5) is 7.07. The predicted octanol–water partition coefficient (Wildman–Crippen LogP) is 4.29. The summed E-state index contributed by atoms with van der Waals surface area (Å²) in [5, 5.41) is 6.81. The molecule has 1 heterocycles. The van der Waals surface area contributed by atoms with Gasteiger partial charge in [0.25, 0.3) is 0 Å². The van der Waals surface area contributed by atoms with Crippen LogP contribution >= 0.6 is 35.3 Å². The summed E-state index contributed by atoms with van der Waals surface area (Å²) in [5.74, 6) is 1.73. The Balaban J connectivity index is 0.00000312. The van der Waals surface area contributed by atoms with Gasteiger partial charge in [0.2, 0.25) is 0 Å². The third-order valence-electron chi connectivity index (χ3n) is 3.84.